The predicted octanol–water partition coefficient (Wildman–Crippen LogP) is 5.02. The van der Waals surface area contributed by atoms with Crippen LogP contribution in [-0.2, 0) is 6.61 Å². The van der Waals surface area contributed by atoms with E-state index in [1.807, 2.05) is 82.4 Å². The van der Waals surface area contributed by atoms with E-state index in [1.165, 1.54) is 0 Å². The SMILES string of the molecule is Cc1ccc(C(O)=C(C(=S)Nc2c(C)cccc2C)[n+]2cccc(CO)c2)cc1C. The predicted molar refractivity (Wildman–Crippen MR) is 126 cm³/mol. The molecule has 0 saturated carbocycles. The number of pyridine rings is 1. The Bertz CT molecular complexity index is 1120. The second kappa shape index (κ2) is 9.20. The Morgan fingerprint density at radius 1 is 0.933 bits per heavy atom. The number of para-hydroxylation sites is 1. The zero-order valence-corrected chi connectivity index (χ0v) is 18.5. The van der Waals surface area contributed by atoms with Gasteiger partial charge in [-0.05, 0) is 62.1 Å². The van der Waals surface area contributed by atoms with Gasteiger partial charge in [0, 0.05) is 22.9 Å². The first-order chi connectivity index (χ1) is 14.3. The summed E-state index contributed by atoms with van der Waals surface area (Å²) in [5.41, 5.74) is 7.14. The molecule has 3 N–H and O–H groups in total. The minimum absolute atomic E-state index is 0.0712. The van der Waals surface area contributed by atoms with Crippen molar-refractivity contribution in [3.8, 4) is 0 Å². The van der Waals surface area contributed by atoms with Gasteiger partial charge in [-0.3, -0.25) is 0 Å². The quantitative estimate of drug-likeness (QED) is 0.235. The summed E-state index contributed by atoms with van der Waals surface area (Å²) < 4.78 is 1.75. The third-order valence-electron chi connectivity index (χ3n) is 5.24. The number of anilines is 1. The molecule has 0 spiro atoms. The van der Waals surface area contributed by atoms with Crippen LogP contribution in [0.15, 0.2) is 60.9 Å². The van der Waals surface area contributed by atoms with E-state index in [9.17, 15) is 10.2 Å². The highest BCUT2D eigenvalue weighted by atomic mass is 32.1. The standard InChI is InChI=1S/C25H26N2O2S/c1-16-10-11-21(13-19(16)4)24(29)23(27-12-6-9-20(14-27)15-28)25(30)26-22-17(2)7-5-8-18(22)3/h5-14,28H,15H2,1-4H3,(H-,26,29,30)/p+1. The van der Waals surface area contributed by atoms with Crippen LogP contribution in [0, 0.1) is 27.7 Å². The van der Waals surface area contributed by atoms with Crippen LogP contribution in [0.2, 0.25) is 0 Å². The molecule has 4 nitrogen and oxygen atoms in total. The number of aliphatic hydroxyl groups is 2. The summed E-state index contributed by atoms with van der Waals surface area (Å²) in [7, 11) is 0. The minimum Gasteiger partial charge on any atom is -0.502 e. The Kier molecular flexibility index (Phi) is 6.65. The Labute approximate surface area is 183 Å². The molecule has 30 heavy (non-hydrogen) atoms. The molecule has 3 rings (SSSR count). The number of benzene rings is 2. The van der Waals surface area contributed by atoms with Crippen molar-refractivity contribution in [2.24, 2.45) is 0 Å². The molecule has 0 atom stereocenters. The maximum atomic E-state index is 11.3. The molecular weight excluding hydrogens is 392 g/mol. The van der Waals surface area contributed by atoms with Crippen LogP contribution in [0.4, 0.5) is 5.69 Å². The normalized spacial score (nSPS) is 11.8. The van der Waals surface area contributed by atoms with Gasteiger partial charge in [0.05, 0.1) is 6.61 Å². The fraction of sp³-hybridized carbons (Fsp3) is 0.200. The molecule has 5 heteroatoms. The first-order valence-corrected chi connectivity index (χ1v) is 10.2. The first-order valence-electron chi connectivity index (χ1n) is 9.81. The summed E-state index contributed by atoms with van der Waals surface area (Å²) in [5, 5.41) is 24.2. The molecule has 0 amide bonds. The number of aliphatic hydroxyl groups excluding tert-OH is 2. The van der Waals surface area contributed by atoms with Crippen LogP contribution in [0.1, 0.15) is 33.4 Å². The Morgan fingerprint density at radius 3 is 2.27 bits per heavy atom. The van der Waals surface area contributed by atoms with Crippen molar-refractivity contribution < 1.29 is 14.8 Å². The number of nitrogens with zero attached hydrogens (tertiary/aromatic N) is 1. The number of nitrogens with one attached hydrogen (secondary N) is 1. The van der Waals surface area contributed by atoms with E-state index in [0.717, 1.165) is 33.5 Å². The van der Waals surface area contributed by atoms with Crippen molar-refractivity contribution in [3.63, 3.8) is 0 Å². The lowest BCUT2D eigenvalue weighted by atomic mass is 10.0. The van der Waals surface area contributed by atoms with E-state index in [2.05, 4.69) is 5.32 Å². The average molecular weight is 420 g/mol. The molecule has 3 aromatic rings. The minimum atomic E-state index is -0.102. The van der Waals surface area contributed by atoms with E-state index in [4.69, 9.17) is 12.2 Å². The van der Waals surface area contributed by atoms with Crippen LogP contribution in [0.25, 0.3) is 11.5 Å². The number of hydrogen-bond donors (Lipinski definition) is 3. The maximum absolute atomic E-state index is 11.3. The molecule has 0 aliphatic heterocycles. The molecule has 0 fully saturated rings. The molecule has 154 valence electrons. The van der Waals surface area contributed by atoms with E-state index >= 15 is 0 Å². The summed E-state index contributed by atoms with van der Waals surface area (Å²) >= 11 is 5.76. The van der Waals surface area contributed by atoms with E-state index in [-0.39, 0.29) is 12.4 Å². The highest BCUT2D eigenvalue weighted by molar-refractivity contribution is 7.81. The third kappa shape index (κ3) is 4.58. The molecule has 0 aliphatic rings. The van der Waals surface area contributed by atoms with Gasteiger partial charge >= 0.3 is 0 Å². The van der Waals surface area contributed by atoms with Crippen molar-refractivity contribution in [2.45, 2.75) is 34.3 Å². The average Bonchev–Trinajstić information content (AvgIpc) is 2.73. The largest absolute Gasteiger partial charge is 0.502 e. The van der Waals surface area contributed by atoms with Crippen molar-refractivity contribution in [1.29, 1.82) is 0 Å². The fourth-order valence-corrected chi connectivity index (χ4v) is 3.62. The second-order valence-electron chi connectivity index (χ2n) is 7.49. The van der Waals surface area contributed by atoms with E-state index < -0.39 is 0 Å². The summed E-state index contributed by atoms with van der Waals surface area (Å²) in [4.78, 5) is 0.392. The Balaban J connectivity index is 2.16. The molecule has 0 radical (unpaired) electrons. The van der Waals surface area contributed by atoms with Crippen molar-refractivity contribution >= 4 is 34.3 Å². The van der Waals surface area contributed by atoms with Gasteiger partial charge in [0.1, 0.15) is 0 Å². The van der Waals surface area contributed by atoms with Gasteiger partial charge in [-0.25, -0.2) is 0 Å². The lowest BCUT2D eigenvalue weighted by Crippen LogP contribution is -2.39. The highest BCUT2D eigenvalue weighted by Gasteiger charge is 2.25. The van der Waals surface area contributed by atoms with Gasteiger partial charge in [-0.2, -0.15) is 4.57 Å². The second-order valence-corrected chi connectivity index (χ2v) is 7.90. The summed E-state index contributed by atoms with van der Waals surface area (Å²) in [6, 6.07) is 15.5. The fourth-order valence-electron chi connectivity index (χ4n) is 3.31. The van der Waals surface area contributed by atoms with Crippen LogP contribution in [-0.4, -0.2) is 15.2 Å². The highest BCUT2D eigenvalue weighted by Crippen LogP contribution is 2.24. The lowest BCUT2D eigenvalue weighted by Gasteiger charge is -2.14. The molecule has 0 aliphatic carbocycles. The lowest BCUT2D eigenvalue weighted by molar-refractivity contribution is -0.576. The Morgan fingerprint density at radius 2 is 1.63 bits per heavy atom. The van der Waals surface area contributed by atoms with Gasteiger partial charge in [0.25, 0.3) is 5.70 Å². The molecule has 0 saturated heterocycles. The first kappa shape index (κ1) is 21.7. The Hall–Kier alpha value is -3.02. The molecule has 2 aromatic carbocycles. The van der Waals surface area contributed by atoms with Crippen LogP contribution >= 0.6 is 12.2 Å². The van der Waals surface area contributed by atoms with Crippen molar-refractivity contribution in [1.82, 2.24) is 0 Å². The molecule has 0 bridgehead atoms. The monoisotopic (exact) mass is 419 g/mol. The topological polar surface area (TPSA) is 56.4 Å². The number of hydrogen-bond acceptors (Lipinski definition) is 3. The number of thiocarbonyl (C=S) groups is 1. The molecule has 1 heterocycles. The van der Waals surface area contributed by atoms with Gasteiger partial charge in [0.15, 0.2) is 23.1 Å². The van der Waals surface area contributed by atoms with Crippen LogP contribution in [0.5, 0.6) is 0 Å². The van der Waals surface area contributed by atoms with Crippen LogP contribution in [0.3, 0.4) is 0 Å². The van der Waals surface area contributed by atoms with Gasteiger partial charge < -0.3 is 15.5 Å². The van der Waals surface area contributed by atoms with Gasteiger partial charge in [0.2, 0.25) is 0 Å². The molecular formula is C25H27N2O2S+. The van der Waals surface area contributed by atoms with Crippen LogP contribution < -0.4 is 9.88 Å². The summed E-state index contributed by atoms with van der Waals surface area (Å²) in [6.07, 6.45) is 3.58. The zero-order valence-electron chi connectivity index (χ0n) is 17.7. The summed E-state index contributed by atoms with van der Waals surface area (Å²) in [6.45, 7) is 7.98. The van der Waals surface area contributed by atoms with Crippen molar-refractivity contribution in [3.05, 3.63) is 94.3 Å². The zero-order chi connectivity index (χ0) is 21.8. The molecule has 1 aromatic heterocycles. The third-order valence-corrected chi connectivity index (χ3v) is 5.54. The maximum Gasteiger partial charge on any atom is 0.288 e. The smallest absolute Gasteiger partial charge is 0.288 e. The number of rotatable bonds is 5. The number of aryl methyl sites for hydroxylation is 4. The van der Waals surface area contributed by atoms with Gasteiger partial charge in [-0.1, -0.05) is 42.5 Å². The number of aromatic nitrogens is 1. The van der Waals surface area contributed by atoms with E-state index in [1.54, 1.807) is 10.8 Å². The summed E-state index contributed by atoms with van der Waals surface area (Å²) in [5.74, 6) is 0.0712. The van der Waals surface area contributed by atoms with Crippen molar-refractivity contribution in [2.75, 3.05) is 5.32 Å². The molecule has 0 unspecified atom stereocenters. The van der Waals surface area contributed by atoms with Gasteiger partial charge in [-0.15, -0.1) is 0 Å². The van der Waals surface area contributed by atoms with E-state index in [0.29, 0.717) is 16.2 Å².